The molecular formula is C27H39ClN6O4S2. The number of benzene rings is 1. The molecule has 0 radical (unpaired) electrons. The maximum absolute atomic E-state index is 12.8. The minimum absolute atomic E-state index is 0. The zero-order chi connectivity index (χ0) is 28.4. The molecule has 4 rings (SSSR count). The van der Waals surface area contributed by atoms with Crippen LogP contribution in [0.3, 0.4) is 0 Å². The molecular weight excluding hydrogens is 572 g/mol. The average molecular weight is 611 g/mol. The van der Waals surface area contributed by atoms with Crippen molar-refractivity contribution in [2.24, 2.45) is 0 Å². The number of piperazine rings is 1. The highest BCUT2D eigenvalue weighted by Gasteiger charge is 2.19. The molecule has 0 aliphatic carbocycles. The number of nitrogens with one attached hydrogen (secondary N) is 1. The summed E-state index contributed by atoms with van der Waals surface area (Å²) >= 11 is 7.58. The van der Waals surface area contributed by atoms with Crippen LogP contribution in [0.4, 0.5) is 16.8 Å². The van der Waals surface area contributed by atoms with Gasteiger partial charge < -0.3 is 25.5 Å². The molecule has 1 atom stereocenters. The first-order valence-corrected chi connectivity index (χ1v) is 14.2. The molecule has 0 amide bonds. The van der Waals surface area contributed by atoms with Crippen molar-refractivity contribution in [3.63, 3.8) is 0 Å². The molecule has 2 aromatic heterocycles. The maximum atomic E-state index is 12.8. The van der Waals surface area contributed by atoms with E-state index in [1.807, 2.05) is 39.0 Å². The summed E-state index contributed by atoms with van der Waals surface area (Å²) in [5, 5.41) is 30.1. The van der Waals surface area contributed by atoms with E-state index < -0.39 is 6.10 Å². The highest BCUT2D eigenvalue weighted by atomic mass is 35.5. The molecule has 1 fully saturated rings. The van der Waals surface area contributed by atoms with Crippen molar-refractivity contribution >= 4 is 59.0 Å². The van der Waals surface area contributed by atoms with Gasteiger partial charge in [0.05, 0.1) is 30.4 Å². The summed E-state index contributed by atoms with van der Waals surface area (Å²) in [7, 11) is 0. The van der Waals surface area contributed by atoms with E-state index in [0.29, 0.717) is 39.6 Å². The van der Waals surface area contributed by atoms with Gasteiger partial charge in [-0.05, 0) is 37.5 Å². The van der Waals surface area contributed by atoms with Gasteiger partial charge in [-0.2, -0.15) is 13.5 Å². The van der Waals surface area contributed by atoms with E-state index >= 15 is 0 Å². The van der Waals surface area contributed by atoms with E-state index in [1.54, 1.807) is 12.3 Å². The molecule has 0 saturated carbocycles. The topological polar surface area (TPSA) is 135 Å². The predicted octanol–water partition coefficient (Wildman–Crippen LogP) is 3.35. The Morgan fingerprint density at radius 2 is 1.90 bits per heavy atom. The molecule has 3 heterocycles. The van der Waals surface area contributed by atoms with E-state index in [9.17, 15) is 4.79 Å². The fraction of sp³-hybridized carbons (Fsp3) is 0.481. The lowest BCUT2D eigenvalue weighted by atomic mass is 10.0. The largest absolute Gasteiger partial charge is 0.395 e. The van der Waals surface area contributed by atoms with Gasteiger partial charge in [-0.25, -0.2) is 15.0 Å². The van der Waals surface area contributed by atoms with Crippen LogP contribution < -0.4 is 10.2 Å². The number of anilines is 3. The Bertz CT molecular complexity index is 1200. The minimum Gasteiger partial charge on any atom is -0.395 e. The molecule has 220 valence electrons. The van der Waals surface area contributed by atoms with Crippen molar-refractivity contribution in [1.82, 2.24) is 19.9 Å². The highest BCUT2D eigenvalue weighted by Crippen LogP contribution is 2.27. The molecule has 40 heavy (non-hydrogen) atoms. The molecule has 13 heteroatoms. The number of hydrogen-bond acceptors (Lipinski definition) is 11. The monoisotopic (exact) mass is 610 g/mol. The molecule has 1 aromatic carbocycles. The quantitative estimate of drug-likeness (QED) is 0.253. The Morgan fingerprint density at radius 1 is 1.18 bits per heavy atom. The average Bonchev–Trinajstić information content (AvgIpc) is 3.39. The van der Waals surface area contributed by atoms with Crippen LogP contribution >= 0.6 is 36.4 Å². The van der Waals surface area contributed by atoms with E-state index in [-0.39, 0.29) is 38.9 Å². The van der Waals surface area contributed by atoms with Gasteiger partial charge in [-0.3, -0.25) is 9.69 Å². The van der Waals surface area contributed by atoms with Crippen LogP contribution in [-0.2, 0) is 6.42 Å². The predicted molar refractivity (Wildman–Crippen MR) is 166 cm³/mol. The lowest BCUT2D eigenvalue weighted by Crippen LogP contribution is -2.47. The second-order valence-electron chi connectivity index (χ2n) is 9.25. The van der Waals surface area contributed by atoms with Crippen molar-refractivity contribution in [3.05, 3.63) is 57.3 Å². The normalized spacial score (nSPS) is 14.1. The number of aliphatic hydroxyl groups is 3. The minimum atomic E-state index is -0.509. The van der Waals surface area contributed by atoms with Crippen molar-refractivity contribution in [3.8, 4) is 0 Å². The third kappa shape index (κ3) is 9.95. The number of nitrogens with zero attached hydrogens (tertiary/aromatic N) is 5. The number of aryl methyl sites for hydroxylation is 2. The van der Waals surface area contributed by atoms with Gasteiger partial charge in [-0.1, -0.05) is 42.0 Å². The summed E-state index contributed by atoms with van der Waals surface area (Å²) in [6, 6.07) is 7.55. The Hall–Kier alpha value is -2.32. The molecule has 1 saturated heterocycles. The van der Waals surface area contributed by atoms with Gasteiger partial charge in [0.2, 0.25) is 0 Å². The summed E-state index contributed by atoms with van der Waals surface area (Å²) < 4.78 is 0. The maximum Gasteiger partial charge on any atom is 0.188 e. The number of aromatic nitrogens is 3. The van der Waals surface area contributed by atoms with Crippen LogP contribution in [0, 0.1) is 13.8 Å². The molecule has 0 bridgehead atoms. The summed E-state index contributed by atoms with van der Waals surface area (Å²) in [6.07, 6.45) is 1.96. The number of Topliss-reactive ketones (excluding diaryl/α,β-unsaturated/α-hetero) is 1. The van der Waals surface area contributed by atoms with Crippen LogP contribution in [0.1, 0.15) is 40.0 Å². The van der Waals surface area contributed by atoms with Crippen LogP contribution in [0.15, 0.2) is 30.5 Å². The Morgan fingerprint density at radius 3 is 2.50 bits per heavy atom. The van der Waals surface area contributed by atoms with Gasteiger partial charge in [0.1, 0.15) is 17.5 Å². The third-order valence-electron chi connectivity index (χ3n) is 6.32. The fourth-order valence-corrected chi connectivity index (χ4v) is 5.01. The Balaban J connectivity index is 0.000000723. The van der Waals surface area contributed by atoms with E-state index in [0.717, 1.165) is 43.1 Å². The van der Waals surface area contributed by atoms with Gasteiger partial charge in [0.15, 0.2) is 10.9 Å². The van der Waals surface area contributed by atoms with Crippen molar-refractivity contribution in [2.75, 3.05) is 56.2 Å². The molecule has 0 spiro atoms. The molecule has 1 aliphatic rings. The van der Waals surface area contributed by atoms with E-state index in [2.05, 4.69) is 30.1 Å². The fourth-order valence-electron chi connectivity index (χ4n) is 3.96. The van der Waals surface area contributed by atoms with Crippen LogP contribution in [-0.4, -0.2) is 93.0 Å². The van der Waals surface area contributed by atoms with Crippen molar-refractivity contribution in [1.29, 1.82) is 0 Å². The third-order valence-corrected chi connectivity index (χ3v) is 7.63. The highest BCUT2D eigenvalue weighted by molar-refractivity contribution is 7.59. The second kappa shape index (κ2) is 16.8. The van der Waals surface area contributed by atoms with Gasteiger partial charge in [0, 0.05) is 50.2 Å². The smallest absolute Gasteiger partial charge is 0.188 e. The van der Waals surface area contributed by atoms with E-state index in [4.69, 9.17) is 26.9 Å². The molecule has 1 aliphatic heterocycles. The van der Waals surface area contributed by atoms with Crippen LogP contribution in [0.5, 0.6) is 0 Å². The number of β-amino-alcohol motifs (C(OH)–C–C–N with tert-alkyl or cyclic N) is 1. The Labute approximate surface area is 251 Å². The first-order valence-electron chi connectivity index (χ1n) is 13.0. The first-order chi connectivity index (χ1) is 18.7. The first kappa shape index (κ1) is 33.9. The molecule has 4 N–H and O–H groups in total. The summed E-state index contributed by atoms with van der Waals surface area (Å²) in [4.78, 5) is 31.3. The SMILES string of the molecule is CC[C@H](O)CO.Cc1nc(Nc2ncc(C(=O)Cc3c(C)cccc3Cl)s2)cc(N2CCN(CCO)CC2)n1.S. The Kier molecular flexibility index (Phi) is 14.3. The lowest BCUT2D eigenvalue weighted by molar-refractivity contribution is 0.0923. The van der Waals surface area contributed by atoms with Gasteiger partial charge in [-0.15, -0.1) is 0 Å². The van der Waals surface area contributed by atoms with Gasteiger partial charge >= 0.3 is 0 Å². The van der Waals surface area contributed by atoms with Crippen molar-refractivity contribution in [2.45, 2.75) is 39.7 Å². The lowest BCUT2D eigenvalue weighted by Gasteiger charge is -2.35. The van der Waals surface area contributed by atoms with Gasteiger partial charge in [0.25, 0.3) is 0 Å². The number of carbonyl (C=O) groups excluding carboxylic acids is 1. The molecule has 3 aromatic rings. The number of rotatable bonds is 10. The van der Waals surface area contributed by atoms with Crippen molar-refractivity contribution < 1.29 is 20.1 Å². The standard InChI is InChI=1S/C23H27ClN6O2S.C4H10O2.H2S/c1-15-4-3-5-18(24)17(15)12-19(32)20-14-25-23(33-20)28-21-13-22(27-16(2)26-21)30-8-6-29(7-9-30)10-11-31;1-2-4(6)3-5;/h3-5,13-14,31H,6-12H2,1-2H3,(H,25,26,27,28);4-6H,2-3H2,1H3;1H2/t;4-;/m.0./s1. The number of halogens is 1. The number of carbonyl (C=O) groups is 1. The van der Waals surface area contributed by atoms with Crippen LogP contribution in [0.25, 0.3) is 0 Å². The number of thiazole rings is 1. The van der Waals surface area contributed by atoms with Crippen LogP contribution in [0.2, 0.25) is 5.02 Å². The summed E-state index contributed by atoms with van der Waals surface area (Å²) in [5.74, 6) is 2.15. The molecule has 0 unspecified atom stereocenters. The zero-order valence-corrected chi connectivity index (χ0v) is 25.7. The van der Waals surface area contributed by atoms with E-state index in [1.165, 1.54) is 11.3 Å². The zero-order valence-electron chi connectivity index (χ0n) is 23.1. The number of hydrogen-bond donors (Lipinski definition) is 4. The summed E-state index contributed by atoms with van der Waals surface area (Å²) in [5.41, 5.74) is 1.85. The summed E-state index contributed by atoms with van der Waals surface area (Å²) in [6.45, 7) is 9.85. The second-order valence-corrected chi connectivity index (χ2v) is 10.7. The number of ketones is 1. The number of aliphatic hydroxyl groups excluding tert-OH is 3. The molecule has 10 nitrogen and oxygen atoms in total.